The van der Waals surface area contributed by atoms with Gasteiger partial charge in [-0.25, -0.2) is 9.37 Å². The predicted octanol–water partition coefficient (Wildman–Crippen LogP) is 4.36. The van der Waals surface area contributed by atoms with Crippen LogP contribution in [0.3, 0.4) is 0 Å². The molecule has 2 fully saturated rings. The number of nitrogens with zero attached hydrogens (tertiary/aromatic N) is 4. The number of phenolic OH excluding ortho intramolecular Hbond substituents is 1. The first-order valence-corrected chi connectivity index (χ1v) is 31.4. The van der Waals surface area contributed by atoms with Crippen LogP contribution in [-0.4, -0.2) is 201 Å². The van der Waals surface area contributed by atoms with E-state index in [1.165, 1.54) is 44.9 Å². The van der Waals surface area contributed by atoms with Gasteiger partial charge in [-0.1, -0.05) is 68.4 Å². The van der Waals surface area contributed by atoms with Crippen molar-refractivity contribution >= 4 is 52.7 Å². The number of halogens is 1. The summed E-state index contributed by atoms with van der Waals surface area (Å²) in [5.41, 5.74) is 3.91. The van der Waals surface area contributed by atoms with E-state index < -0.39 is 58.8 Å². The SMILES string of the molecule is Cc1ncsc1-c1ccc(CNC(=O)[C@@H]2C[C@@H](O)CN2C(=O)[C@@H](NC(=O)C2(F)CC2)C(C)(C)C)c(OCC(=O)NCCOCCOCCOCCOCCOCCC(=O)NCCN(C)C(=O)c2ccc(-c3cc(C(=O)N[C@@H]4CCc5ccccc54)no3)cc2O)c1. The average molecular weight is 1280 g/mol. The van der Waals surface area contributed by atoms with E-state index >= 15 is 0 Å². The zero-order chi connectivity index (χ0) is 65.1. The Balaban J connectivity index is 0.620. The Morgan fingerprint density at radius 3 is 2.18 bits per heavy atom. The molecule has 0 radical (unpaired) electrons. The zero-order valence-corrected chi connectivity index (χ0v) is 52.8. The number of amides is 7. The molecule has 2 aromatic heterocycles. The Labute approximate surface area is 531 Å². The summed E-state index contributed by atoms with van der Waals surface area (Å²) in [5, 5.41) is 39.3. The van der Waals surface area contributed by atoms with Gasteiger partial charge in [0, 0.05) is 69.8 Å². The Bertz CT molecular complexity index is 3310. The Morgan fingerprint density at radius 2 is 1.51 bits per heavy atom. The highest BCUT2D eigenvalue weighted by atomic mass is 32.1. The molecular weight excluding hydrogens is 1200 g/mol. The molecule has 3 heterocycles. The van der Waals surface area contributed by atoms with Gasteiger partial charge in [0.15, 0.2) is 23.7 Å². The number of carbonyl (C=O) groups excluding carboxylic acids is 7. The minimum Gasteiger partial charge on any atom is -0.507 e. The highest BCUT2D eigenvalue weighted by Crippen LogP contribution is 2.41. The second-order valence-corrected chi connectivity index (χ2v) is 24.4. The first-order valence-electron chi connectivity index (χ1n) is 30.5. The number of likely N-dealkylation sites (N-methyl/N-ethyl adjacent to an activating group) is 1. The number of phenols is 1. The van der Waals surface area contributed by atoms with Gasteiger partial charge in [0.2, 0.25) is 17.7 Å². The first kappa shape index (κ1) is 69.0. The smallest absolute Gasteiger partial charge is 0.273 e. The second kappa shape index (κ2) is 32.9. The van der Waals surface area contributed by atoms with Crippen molar-refractivity contribution in [2.45, 2.75) is 103 Å². The lowest BCUT2D eigenvalue weighted by Gasteiger charge is -2.35. The summed E-state index contributed by atoms with van der Waals surface area (Å²) in [6.45, 7) is 10.0. The van der Waals surface area contributed by atoms with Crippen molar-refractivity contribution in [1.29, 1.82) is 0 Å². The van der Waals surface area contributed by atoms with Crippen LogP contribution >= 0.6 is 11.3 Å². The number of fused-ring (bicyclic) bond motifs is 1. The third-order valence-electron chi connectivity index (χ3n) is 15.6. The van der Waals surface area contributed by atoms with Gasteiger partial charge >= 0.3 is 0 Å². The number of alkyl halides is 1. The lowest BCUT2D eigenvalue weighted by atomic mass is 9.85. The van der Waals surface area contributed by atoms with Crippen LogP contribution in [0.25, 0.3) is 21.8 Å². The number of carbonyl (C=O) groups is 7. The maximum Gasteiger partial charge on any atom is 0.273 e. The number of aliphatic hydroxyl groups excluding tert-OH is 1. The van der Waals surface area contributed by atoms with Crippen LogP contribution in [0, 0.1) is 12.3 Å². The van der Waals surface area contributed by atoms with Gasteiger partial charge in [-0.3, -0.25) is 33.6 Å². The summed E-state index contributed by atoms with van der Waals surface area (Å²) in [6, 6.07) is 17.0. The number of nitrogens with one attached hydrogen (secondary N) is 5. The van der Waals surface area contributed by atoms with Gasteiger partial charge in [0.1, 0.15) is 23.6 Å². The molecule has 7 amide bonds. The molecule has 492 valence electrons. The molecule has 0 bridgehead atoms. The van der Waals surface area contributed by atoms with Crippen LogP contribution in [0.5, 0.6) is 11.5 Å². The summed E-state index contributed by atoms with van der Waals surface area (Å²) in [5.74, 6) is -3.19. The van der Waals surface area contributed by atoms with E-state index in [0.29, 0.717) is 56.5 Å². The number of likely N-dealkylation sites (tertiary alicyclic amines) is 1. The van der Waals surface area contributed by atoms with Crippen molar-refractivity contribution in [1.82, 2.24) is 46.5 Å². The van der Waals surface area contributed by atoms with Crippen LogP contribution in [0.15, 0.2) is 76.8 Å². The summed E-state index contributed by atoms with van der Waals surface area (Å²) >= 11 is 1.44. The first-order chi connectivity index (χ1) is 43.7. The fourth-order valence-corrected chi connectivity index (χ4v) is 11.1. The van der Waals surface area contributed by atoms with Crippen LogP contribution in [0.4, 0.5) is 4.39 Å². The molecule has 1 saturated heterocycles. The maximum absolute atomic E-state index is 14.7. The lowest BCUT2D eigenvalue weighted by Crippen LogP contribution is -2.59. The summed E-state index contributed by atoms with van der Waals surface area (Å²) < 4.78 is 53.8. The van der Waals surface area contributed by atoms with Crippen molar-refractivity contribution < 1.29 is 81.1 Å². The maximum atomic E-state index is 14.7. The number of β-amino-alcohol motifs (C(OH)–C–C–N with tert-alkyl or cyclic N) is 1. The highest BCUT2D eigenvalue weighted by Gasteiger charge is 2.53. The Morgan fingerprint density at radius 1 is 0.835 bits per heavy atom. The van der Waals surface area contributed by atoms with Gasteiger partial charge in [-0.05, 0) is 72.9 Å². The highest BCUT2D eigenvalue weighted by molar-refractivity contribution is 7.13. The van der Waals surface area contributed by atoms with Crippen LogP contribution in [0.1, 0.15) is 102 Å². The van der Waals surface area contributed by atoms with Crippen molar-refractivity contribution in [3.05, 3.63) is 106 Å². The van der Waals surface area contributed by atoms with E-state index in [-0.39, 0.29) is 132 Å². The van der Waals surface area contributed by atoms with Crippen LogP contribution in [0.2, 0.25) is 0 Å². The standard InChI is InChI=1S/C64H82FN9O16S/c1-40-56(91-39-69-40)43-10-11-44(36-68-59(80)50-34-45(75)37-74(50)61(82)57(63(2,3)4)71-62(83)64(65)17-18-64)52(33-43)89-38-55(78)67-20-23-85-25-27-87-29-31-88-30-28-86-26-24-84-22-16-54(77)66-19-21-73(5)60(81)47-14-12-42(32-51(47)76)53-35-49(72-90-53)58(79)70-48-15-13-41-8-6-7-9-46(41)48/h6-12,14,32-33,35,39,45,48,50,57,75-76H,13,15-31,34,36-38H2,1-5H3,(H,66,77)(H,67,78)(H,68,80)(H,70,79)(H,71,83)/t45-,48-,50+,57-/m1/s1. The molecule has 91 heavy (non-hydrogen) atoms. The largest absolute Gasteiger partial charge is 0.507 e. The molecule has 25 nitrogen and oxygen atoms in total. The molecule has 4 atom stereocenters. The third-order valence-corrected chi connectivity index (χ3v) is 16.6. The molecule has 8 rings (SSSR count). The van der Waals surface area contributed by atoms with Crippen LogP contribution in [-0.2, 0) is 60.6 Å². The number of rotatable bonds is 35. The summed E-state index contributed by atoms with van der Waals surface area (Å²) in [7, 11) is 1.56. The minimum atomic E-state index is -2.01. The van der Waals surface area contributed by atoms with Gasteiger partial charge in [-0.15, -0.1) is 11.3 Å². The number of aliphatic hydroxyl groups is 1. The third kappa shape index (κ3) is 19.8. The summed E-state index contributed by atoms with van der Waals surface area (Å²) in [6.07, 6.45) is 0.901. The molecule has 2 aliphatic carbocycles. The number of benzene rings is 3. The average Bonchev–Trinajstić information content (AvgIpc) is 1.72. The predicted molar refractivity (Wildman–Crippen MR) is 330 cm³/mol. The van der Waals surface area contributed by atoms with Gasteiger partial charge in [-0.2, -0.15) is 0 Å². The molecule has 27 heteroatoms. The normalized spacial score (nSPS) is 16.8. The number of aryl methyl sites for hydroxylation is 2. The van der Waals surface area contributed by atoms with Crippen molar-refractivity contribution in [2.75, 3.05) is 106 Å². The fourth-order valence-electron chi connectivity index (χ4n) is 10.3. The molecule has 7 N–H and O–H groups in total. The summed E-state index contributed by atoms with van der Waals surface area (Å²) in [4.78, 5) is 99.6. The number of ether oxygens (including phenoxy) is 6. The Kier molecular flexibility index (Phi) is 24.9. The number of aromatic hydroxyl groups is 1. The number of aromatic nitrogens is 2. The molecule has 3 aromatic carbocycles. The molecule has 5 aromatic rings. The van der Waals surface area contributed by atoms with Crippen LogP contribution < -0.4 is 31.3 Å². The second-order valence-electron chi connectivity index (χ2n) is 23.5. The number of thiazole rings is 1. The Hall–Kier alpha value is -7.92. The van der Waals surface area contributed by atoms with Gasteiger partial charge in [0.05, 0.1) is 99.9 Å². The van der Waals surface area contributed by atoms with E-state index in [1.54, 1.807) is 51.5 Å². The lowest BCUT2D eigenvalue weighted by molar-refractivity contribution is -0.145. The monoisotopic (exact) mass is 1280 g/mol. The topological polar surface area (TPSA) is 321 Å². The van der Waals surface area contributed by atoms with E-state index in [4.69, 9.17) is 32.9 Å². The number of hydrogen-bond donors (Lipinski definition) is 7. The van der Waals surface area contributed by atoms with E-state index in [9.17, 15) is 48.2 Å². The molecule has 1 aliphatic heterocycles. The fraction of sp³-hybridized carbons (Fsp3) is 0.516. The molecular formula is C64H82FN9O16S. The van der Waals surface area contributed by atoms with Gasteiger partial charge in [0.25, 0.3) is 23.6 Å². The minimum absolute atomic E-state index is 0.0374. The molecule has 1 saturated carbocycles. The van der Waals surface area contributed by atoms with E-state index in [2.05, 4.69) is 42.8 Å². The van der Waals surface area contributed by atoms with E-state index in [1.807, 2.05) is 31.2 Å². The molecule has 3 aliphatic rings. The quantitative estimate of drug-likeness (QED) is 0.0277. The molecule has 0 spiro atoms. The van der Waals surface area contributed by atoms with Gasteiger partial charge < -0.3 is 79.5 Å². The van der Waals surface area contributed by atoms with Crippen molar-refractivity contribution in [3.8, 4) is 33.3 Å². The van der Waals surface area contributed by atoms with Crippen molar-refractivity contribution in [2.24, 2.45) is 5.41 Å². The van der Waals surface area contributed by atoms with E-state index in [0.717, 1.165) is 34.5 Å². The van der Waals surface area contributed by atoms with Crippen molar-refractivity contribution in [3.63, 3.8) is 0 Å². The zero-order valence-electron chi connectivity index (χ0n) is 52.0. The molecule has 0 unspecified atom stereocenters. The number of hydrogen-bond acceptors (Lipinski definition) is 19.